The van der Waals surface area contributed by atoms with Crippen LogP contribution < -0.4 is 5.69 Å². The van der Waals surface area contributed by atoms with Gasteiger partial charge in [0.25, 0.3) is 0 Å². The Morgan fingerprint density at radius 1 is 1.38 bits per heavy atom. The first kappa shape index (κ1) is 7.79. The van der Waals surface area contributed by atoms with Gasteiger partial charge < -0.3 is 4.98 Å². The van der Waals surface area contributed by atoms with Crippen molar-refractivity contribution in [2.45, 2.75) is 6.92 Å². The molecule has 4 nitrogen and oxygen atoms in total. The van der Waals surface area contributed by atoms with Gasteiger partial charge in [0.1, 0.15) is 0 Å². The summed E-state index contributed by atoms with van der Waals surface area (Å²) in [4.78, 5) is 24.9. The highest BCUT2D eigenvalue weighted by Gasteiger charge is 2.07. The second-order valence-corrected chi connectivity index (χ2v) is 2.80. The number of nitrogens with one attached hydrogen (secondary N) is 1. The molecule has 2 rings (SSSR count). The summed E-state index contributed by atoms with van der Waals surface area (Å²) in [5.74, 6) is -0.276. The summed E-state index contributed by atoms with van der Waals surface area (Å²) in [5, 5.41) is 0. The molecule has 0 saturated heterocycles. The lowest BCUT2D eigenvalue weighted by molar-refractivity contribution is 0.0937. The van der Waals surface area contributed by atoms with Crippen molar-refractivity contribution in [3.8, 4) is 0 Å². The molecule has 1 aromatic heterocycles. The Morgan fingerprint density at radius 3 is 2.77 bits per heavy atom. The summed E-state index contributed by atoms with van der Waals surface area (Å²) in [6, 6.07) is 7.09. The molecule has 4 heteroatoms. The van der Waals surface area contributed by atoms with Crippen molar-refractivity contribution in [1.29, 1.82) is 0 Å². The van der Waals surface area contributed by atoms with E-state index in [1.54, 1.807) is 18.2 Å². The standard InChI is InChI=1S/C9H8N2O2/c1-6(12)11-8-5-3-2-4-7(8)10-9(11)13/h2-5H,1H3,(H,10,13). The summed E-state index contributed by atoms with van der Waals surface area (Å²) in [6.07, 6.45) is 0. The molecule has 1 aromatic carbocycles. The van der Waals surface area contributed by atoms with E-state index in [1.165, 1.54) is 6.92 Å². The van der Waals surface area contributed by atoms with Crippen molar-refractivity contribution < 1.29 is 4.79 Å². The molecule has 0 aliphatic carbocycles. The third-order valence-electron chi connectivity index (χ3n) is 1.90. The van der Waals surface area contributed by atoms with Gasteiger partial charge in [-0.25, -0.2) is 9.36 Å². The summed E-state index contributed by atoms with van der Waals surface area (Å²) in [5.41, 5.74) is 0.927. The molecule has 13 heavy (non-hydrogen) atoms. The SMILES string of the molecule is CC(=O)n1c(=O)[nH]c2ccccc21. The number of rotatable bonds is 0. The zero-order valence-electron chi connectivity index (χ0n) is 7.07. The number of fused-ring (bicyclic) bond motifs is 1. The number of hydrogen-bond acceptors (Lipinski definition) is 2. The van der Waals surface area contributed by atoms with Crippen LogP contribution in [0.5, 0.6) is 0 Å². The molecule has 1 heterocycles. The van der Waals surface area contributed by atoms with Crippen LogP contribution in [0.1, 0.15) is 11.7 Å². The minimum atomic E-state index is -0.381. The van der Waals surface area contributed by atoms with Gasteiger partial charge in [-0.2, -0.15) is 0 Å². The fourth-order valence-corrected chi connectivity index (χ4v) is 1.37. The van der Waals surface area contributed by atoms with Crippen molar-refractivity contribution in [3.63, 3.8) is 0 Å². The average Bonchev–Trinajstić information content (AvgIpc) is 2.39. The normalized spacial score (nSPS) is 10.5. The molecule has 2 aromatic rings. The van der Waals surface area contributed by atoms with Gasteiger partial charge in [0.05, 0.1) is 11.0 Å². The second-order valence-electron chi connectivity index (χ2n) is 2.80. The number of carbonyl (C=O) groups excluding carboxylic acids is 1. The minimum absolute atomic E-state index is 0.276. The monoisotopic (exact) mass is 176 g/mol. The summed E-state index contributed by atoms with van der Waals surface area (Å²) < 4.78 is 1.12. The van der Waals surface area contributed by atoms with Crippen LogP contribution in [0.3, 0.4) is 0 Å². The third kappa shape index (κ3) is 1.07. The fourth-order valence-electron chi connectivity index (χ4n) is 1.37. The molecule has 66 valence electrons. The molecule has 0 amide bonds. The molecule has 0 fully saturated rings. The molecule has 1 N–H and O–H groups in total. The van der Waals surface area contributed by atoms with E-state index in [0.29, 0.717) is 11.0 Å². The van der Waals surface area contributed by atoms with Gasteiger partial charge in [-0.3, -0.25) is 4.79 Å². The molecule has 0 aliphatic rings. The van der Waals surface area contributed by atoms with E-state index in [0.717, 1.165) is 4.57 Å². The topological polar surface area (TPSA) is 54.9 Å². The first-order valence-corrected chi connectivity index (χ1v) is 3.91. The van der Waals surface area contributed by atoms with E-state index in [-0.39, 0.29) is 11.6 Å². The Labute approximate surface area is 73.8 Å². The number of para-hydroxylation sites is 2. The lowest BCUT2D eigenvalue weighted by Crippen LogP contribution is -2.21. The first-order chi connectivity index (χ1) is 6.20. The van der Waals surface area contributed by atoms with E-state index < -0.39 is 0 Å². The highest BCUT2D eigenvalue weighted by atomic mass is 16.2. The van der Waals surface area contributed by atoms with Crippen LogP contribution in [0.4, 0.5) is 0 Å². The van der Waals surface area contributed by atoms with E-state index in [9.17, 15) is 9.59 Å². The van der Waals surface area contributed by atoms with Crippen LogP contribution >= 0.6 is 0 Å². The third-order valence-corrected chi connectivity index (χ3v) is 1.90. The van der Waals surface area contributed by atoms with Crippen LogP contribution in [0.2, 0.25) is 0 Å². The van der Waals surface area contributed by atoms with Gasteiger partial charge in [0.2, 0.25) is 5.91 Å². The van der Waals surface area contributed by atoms with Gasteiger partial charge in [-0.05, 0) is 12.1 Å². The lowest BCUT2D eigenvalue weighted by Gasteiger charge is -1.94. The highest BCUT2D eigenvalue weighted by molar-refractivity contribution is 5.88. The Morgan fingerprint density at radius 2 is 2.08 bits per heavy atom. The van der Waals surface area contributed by atoms with Crippen molar-refractivity contribution in [3.05, 3.63) is 34.7 Å². The minimum Gasteiger partial charge on any atom is -0.305 e. The van der Waals surface area contributed by atoms with E-state index in [4.69, 9.17) is 0 Å². The summed E-state index contributed by atoms with van der Waals surface area (Å²) in [6.45, 7) is 1.36. The smallest absolute Gasteiger partial charge is 0.305 e. The molecule has 0 radical (unpaired) electrons. The van der Waals surface area contributed by atoms with Crippen molar-refractivity contribution in [2.24, 2.45) is 0 Å². The van der Waals surface area contributed by atoms with Crippen molar-refractivity contribution >= 4 is 16.9 Å². The molecule has 0 aliphatic heterocycles. The summed E-state index contributed by atoms with van der Waals surface area (Å²) in [7, 11) is 0. The number of hydrogen-bond donors (Lipinski definition) is 1. The molecule has 0 unspecified atom stereocenters. The Hall–Kier alpha value is -1.84. The number of H-pyrrole nitrogens is 1. The van der Waals surface area contributed by atoms with Crippen LogP contribution in [0.15, 0.2) is 29.1 Å². The number of imidazole rings is 1. The predicted octanol–water partition coefficient (Wildman–Crippen LogP) is 0.990. The maximum Gasteiger partial charge on any atom is 0.333 e. The zero-order valence-corrected chi connectivity index (χ0v) is 7.07. The van der Waals surface area contributed by atoms with Gasteiger partial charge in [-0.1, -0.05) is 12.1 Å². The predicted molar refractivity (Wildman–Crippen MR) is 48.9 cm³/mol. The van der Waals surface area contributed by atoms with Crippen LogP contribution in [-0.4, -0.2) is 15.5 Å². The van der Waals surface area contributed by atoms with Gasteiger partial charge in [0, 0.05) is 6.92 Å². The van der Waals surface area contributed by atoms with E-state index >= 15 is 0 Å². The molecular formula is C9H8N2O2. The van der Waals surface area contributed by atoms with Gasteiger partial charge in [-0.15, -0.1) is 0 Å². The van der Waals surface area contributed by atoms with Gasteiger partial charge in [0.15, 0.2) is 0 Å². The molecular weight excluding hydrogens is 168 g/mol. The van der Waals surface area contributed by atoms with Crippen LogP contribution in [0.25, 0.3) is 11.0 Å². The van der Waals surface area contributed by atoms with Crippen molar-refractivity contribution in [1.82, 2.24) is 9.55 Å². The largest absolute Gasteiger partial charge is 0.333 e. The summed E-state index contributed by atoms with van der Waals surface area (Å²) >= 11 is 0. The number of aromatic nitrogens is 2. The Balaban J connectivity index is 2.95. The second kappa shape index (κ2) is 2.58. The highest BCUT2D eigenvalue weighted by Crippen LogP contribution is 2.07. The first-order valence-electron chi connectivity index (χ1n) is 3.91. The van der Waals surface area contributed by atoms with E-state index in [2.05, 4.69) is 4.98 Å². The lowest BCUT2D eigenvalue weighted by atomic mass is 10.3. The quantitative estimate of drug-likeness (QED) is 0.650. The number of aromatic amines is 1. The molecule has 0 saturated carbocycles. The molecule has 0 bridgehead atoms. The number of nitrogens with zero attached hydrogens (tertiary/aromatic N) is 1. The maximum atomic E-state index is 11.3. The maximum absolute atomic E-state index is 11.3. The fraction of sp³-hybridized carbons (Fsp3) is 0.111. The van der Waals surface area contributed by atoms with Crippen LogP contribution in [0, 0.1) is 0 Å². The van der Waals surface area contributed by atoms with Gasteiger partial charge >= 0.3 is 5.69 Å². The van der Waals surface area contributed by atoms with E-state index in [1.807, 2.05) is 6.07 Å². The average molecular weight is 176 g/mol. The van der Waals surface area contributed by atoms with Crippen LogP contribution in [-0.2, 0) is 0 Å². The Bertz CT molecular complexity index is 522. The number of carbonyl (C=O) groups is 1. The molecule has 0 atom stereocenters. The molecule has 0 spiro atoms. The van der Waals surface area contributed by atoms with Crippen molar-refractivity contribution in [2.75, 3.05) is 0 Å². The zero-order chi connectivity index (χ0) is 9.42. The number of benzene rings is 1. The Kier molecular flexibility index (Phi) is 1.55.